The van der Waals surface area contributed by atoms with Gasteiger partial charge in [-0.25, -0.2) is 0 Å². The van der Waals surface area contributed by atoms with E-state index in [0.29, 0.717) is 13.1 Å². The second-order valence-corrected chi connectivity index (χ2v) is 7.93. The van der Waals surface area contributed by atoms with Crippen LogP contribution >= 0.6 is 0 Å². The normalized spacial score (nSPS) is 30.3. The van der Waals surface area contributed by atoms with Crippen LogP contribution in [0.3, 0.4) is 0 Å². The third-order valence-electron chi connectivity index (χ3n) is 4.40. The quantitative estimate of drug-likeness (QED) is 0.722. The molecule has 2 fully saturated rings. The first kappa shape index (κ1) is 15.0. The molecule has 0 aliphatic carbocycles. The molecule has 0 aromatic heterocycles. The predicted octanol–water partition coefficient (Wildman–Crippen LogP) is 0.909. The maximum absolute atomic E-state index is 12.3. The summed E-state index contributed by atoms with van der Waals surface area (Å²) in [4.78, 5) is 2.41. The van der Waals surface area contributed by atoms with Gasteiger partial charge in [-0.1, -0.05) is 6.08 Å². The Morgan fingerprint density at radius 1 is 1.26 bits per heavy atom. The Morgan fingerprint density at radius 3 is 2.47 bits per heavy atom. The average Bonchev–Trinajstić information content (AvgIpc) is 2.72. The summed E-state index contributed by atoms with van der Waals surface area (Å²) in [5.41, 5.74) is 0.0372. The summed E-state index contributed by atoms with van der Waals surface area (Å²) < 4.78 is 27.6. The summed E-state index contributed by atoms with van der Waals surface area (Å²) in [5, 5.41) is 0. The lowest BCUT2D eigenvalue weighted by Gasteiger charge is -2.45. The Morgan fingerprint density at radius 2 is 1.89 bits per heavy atom. The third kappa shape index (κ3) is 2.72. The average molecular weight is 287 g/mol. The Hall–Kier alpha value is -0.430. The lowest BCUT2D eigenvalue weighted by atomic mass is 9.87. The van der Waals surface area contributed by atoms with Crippen LogP contribution in [0.2, 0.25) is 0 Å². The van der Waals surface area contributed by atoms with Crippen LogP contribution in [0, 0.1) is 0 Å². The van der Waals surface area contributed by atoms with Gasteiger partial charge < -0.3 is 0 Å². The molecule has 0 radical (unpaired) electrons. The van der Waals surface area contributed by atoms with Crippen molar-refractivity contribution in [3.8, 4) is 0 Å². The summed E-state index contributed by atoms with van der Waals surface area (Å²) in [5.74, 6) is 0. The minimum atomic E-state index is -3.29. The molecule has 0 amide bonds. The van der Waals surface area contributed by atoms with Crippen LogP contribution < -0.4 is 0 Å². The van der Waals surface area contributed by atoms with E-state index in [1.807, 2.05) is 6.08 Å². The molecule has 6 heteroatoms. The van der Waals surface area contributed by atoms with Crippen LogP contribution in [0.25, 0.3) is 0 Å². The van der Waals surface area contributed by atoms with Gasteiger partial charge in [0.05, 0.1) is 0 Å². The summed E-state index contributed by atoms with van der Waals surface area (Å²) in [6.07, 6.45) is 6.22. The summed E-state index contributed by atoms with van der Waals surface area (Å²) in [6, 6.07) is 0. The SMILES string of the molecule is C=CCN1CCCC12CCCN(S(=O)(=O)N(C)C)C2. The molecule has 0 aromatic carbocycles. The molecule has 19 heavy (non-hydrogen) atoms. The molecule has 2 heterocycles. The Balaban J connectivity index is 2.19. The fourth-order valence-corrected chi connectivity index (χ4v) is 4.62. The fourth-order valence-electron chi connectivity index (χ4n) is 3.40. The van der Waals surface area contributed by atoms with Gasteiger partial charge in [-0.15, -0.1) is 6.58 Å². The highest BCUT2D eigenvalue weighted by molar-refractivity contribution is 7.86. The molecule has 2 rings (SSSR count). The van der Waals surface area contributed by atoms with Crippen LogP contribution in [-0.2, 0) is 10.2 Å². The lowest BCUT2D eigenvalue weighted by Crippen LogP contribution is -2.58. The Kier molecular flexibility index (Phi) is 4.35. The van der Waals surface area contributed by atoms with Crippen molar-refractivity contribution in [2.75, 3.05) is 40.3 Å². The maximum atomic E-state index is 12.3. The molecular weight excluding hydrogens is 262 g/mol. The molecule has 5 nitrogen and oxygen atoms in total. The molecule has 110 valence electrons. The van der Waals surface area contributed by atoms with E-state index in [1.54, 1.807) is 18.4 Å². The molecule has 1 atom stereocenters. The van der Waals surface area contributed by atoms with E-state index in [9.17, 15) is 8.42 Å². The molecule has 0 bridgehead atoms. The molecular formula is C13H25N3O2S. The molecule has 2 saturated heterocycles. The van der Waals surface area contributed by atoms with Gasteiger partial charge >= 0.3 is 0 Å². The van der Waals surface area contributed by atoms with Gasteiger partial charge in [-0.2, -0.15) is 17.0 Å². The van der Waals surface area contributed by atoms with Gasteiger partial charge in [-0.3, -0.25) is 4.90 Å². The van der Waals surface area contributed by atoms with E-state index in [-0.39, 0.29) is 5.54 Å². The highest BCUT2D eigenvalue weighted by Gasteiger charge is 2.46. The summed E-state index contributed by atoms with van der Waals surface area (Å²) in [7, 11) is -0.0797. The van der Waals surface area contributed by atoms with Crippen LogP contribution in [0.5, 0.6) is 0 Å². The standard InChI is InChI=1S/C13H25N3O2S/c1-4-9-15-10-5-7-13(15)8-6-11-16(12-13)19(17,18)14(2)3/h4H,1,5-12H2,2-3H3. The molecule has 0 N–H and O–H groups in total. The van der Waals surface area contributed by atoms with E-state index in [2.05, 4.69) is 11.5 Å². The van der Waals surface area contributed by atoms with Crippen molar-refractivity contribution in [2.45, 2.75) is 31.2 Å². The van der Waals surface area contributed by atoms with Crippen molar-refractivity contribution in [1.29, 1.82) is 0 Å². The zero-order valence-corrected chi connectivity index (χ0v) is 12.8. The predicted molar refractivity (Wildman–Crippen MR) is 77.1 cm³/mol. The molecule has 0 saturated carbocycles. The maximum Gasteiger partial charge on any atom is 0.281 e. The fraction of sp³-hybridized carbons (Fsp3) is 0.846. The minimum Gasteiger partial charge on any atom is -0.293 e. The number of likely N-dealkylation sites (tertiary alicyclic amines) is 1. The number of piperidine rings is 1. The van der Waals surface area contributed by atoms with Crippen molar-refractivity contribution in [3.63, 3.8) is 0 Å². The molecule has 1 unspecified atom stereocenters. The number of nitrogens with zero attached hydrogens (tertiary/aromatic N) is 3. The lowest BCUT2D eigenvalue weighted by molar-refractivity contribution is 0.0821. The largest absolute Gasteiger partial charge is 0.293 e. The van der Waals surface area contributed by atoms with Crippen molar-refractivity contribution >= 4 is 10.2 Å². The molecule has 1 spiro atoms. The smallest absolute Gasteiger partial charge is 0.281 e. The first-order valence-corrected chi connectivity index (χ1v) is 8.36. The van der Waals surface area contributed by atoms with E-state index >= 15 is 0 Å². The van der Waals surface area contributed by atoms with Gasteiger partial charge in [0.15, 0.2) is 0 Å². The number of rotatable bonds is 4. The van der Waals surface area contributed by atoms with Gasteiger partial charge in [0, 0.05) is 39.3 Å². The van der Waals surface area contributed by atoms with Crippen LogP contribution in [0.1, 0.15) is 25.7 Å². The van der Waals surface area contributed by atoms with E-state index in [1.165, 1.54) is 4.31 Å². The van der Waals surface area contributed by atoms with Crippen molar-refractivity contribution in [1.82, 2.24) is 13.5 Å². The zero-order chi connectivity index (χ0) is 14.1. The third-order valence-corrected chi connectivity index (χ3v) is 6.29. The van der Waals surface area contributed by atoms with Crippen molar-refractivity contribution < 1.29 is 8.42 Å². The molecule has 2 aliphatic rings. The summed E-state index contributed by atoms with van der Waals surface area (Å²) in [6.45, 7) is 7.00. The van der Waals surface area contributed by atoms with Gasteiger partial charge in [0.2, 0.25) is 0 Å². The van der Waals surface area contributed by atoms with Gasteiger partial charge in [0.25, 0.3) is 10.2 Å². The summed E-state index contributed by atoms with van der Waals surface area (Å²) >= 11 is 0. The zero-order valence-electron chi connectivity index (χ0n) is 12.0. The van der Waals surface area contributed by atoms with E-state index in [4.69, 9.17) is 0 Å². The molecule has 0 aromatic rings. The first-order valence-electron chi connectivity index (χ1n) is 6.96. The second kappa shape index (κ2) is 5.52. The van der Waals surface area contributed by atoms with Crippen LogP contribution in [-0.4, -0.2) is 67.7 Å². The van der Waals surface area contributed by atoms with Crippen molar-refractivity contribution in [3.05, 3.63) is 12.7 Å². The number of hydrogen-bond donors (Lipinski definition) is 0. The van der Waals surface area contributed by atoms with Crippen LogP contribution in [0.15, 0.2) is 12.7 Å². The Bertz CT molecular complexity index is 435. The second-order valence-electron chi connectivity index (χ2n) is 5.79. The number of hydrogen-bond acceptors (Lipinski definition) is 3. The van der Waals surface area contributed by atoms with Crippen molar-refractivity contribution in [2.24, 2.45) is 0 Å². The topological polar surface area (TPSA) is 43.9 Å². The van der Waals surface area contributed by atoms with Crippen LogP contribution in [0.4, 0.5) is 0 Å². The minimum absolute atomic E-state index is 0.0372. The van der Waals surface area contributed by atoms with E-state index in [0.717, 1.165) is 38.8 Å². The monoisotopic (exact) mass is 287 g/mol. The van der Waals surface area contributed by atoms with E-state index < -0.39 is 10.2 Å². The highest BCUT2D eigenvalue weighted by Crippen LogP contribution is 2.37. The van der Waals surface area contributed by atoms with Gasteiger partial charge in [-0.05, 0) is 32.2 Å². The van der Waals surface area contributed by atoms with Gasteiger partial charge in [0.1, 0.15) is 0 Å². The highest BCUT2D eigenvalue weighted by atomic mass is 32.2. The first-order chi connectivity index (χ1) is 8.92. The Labute approximate surface area is 117 Å². The molecule has 2 aliphatic heterocycles.